The fourth-order valence-electron chi connectivity index (χ4n) is 3.83. The van der Waals surface area contributed by atoms with Gasteiger partial charge in [0.1, 0.15) is 0 Å². The average molecular weight is 465 g/mol. The van der Waals surface area contributed by atoms with E-state index in [1.807, 2.05) is 60.7 Å². The largest absolute Gasteiger partial charge is 0.481 e. The Morgan fingerprint density at radius 3 is 1.45 bits per heavy atom. The first-order chi connectivity index (χ1) is 15.0. The average Bonchev–Trinajstić information content (AvgIpc) is 3.44. The van der Waals surface area contributed by atoms with Crippen LogP contribution in [-0.4, -0.2) is 22.2 Å². The molecule has 3 aromatic heterocycles. The van der Waals surface area contributed by atoms with Crippen LogP contribution in [0.2, 0.25) is 0 Å². The monoisotopic (exact) mass is 464 g/mol. The van der Waals surface area contributed by atoms with Gasteiger partial charge in [0, 0.05) is 28.9 Å². The number of rotatable bonds is 6. The summed E-state index contributed by atoms with van der Waals surface area (Å²) in [7, 11) is 0. The predicted octanol–water partition coefficient (Wildman–Crippen LogP) is 6.77. The number of benzene rings is 2. The van der Waals surface area contributed by atoms with E-state index in [0.717, 1.165) is 50.8 Å². The molecular formula is C24H16O4S3. The number of carbonyl (C=O) groups is 2. The molecule has 2 aromatic carbocycles. The molecule has 0 bridgehead atoms. The summed E-state index contributed by atoms with van der Waals surface area (Å²) in [6, 6.07) is 19.8. The molecule has 0 radical (unpaired) electrons. The van der Waals surface area contributed by atoms with E-state index in [9.17, 15) is 19.8 Å². The minimum absolute atomic E-state index is 0.0280. The van der Waals surface area contributed by atoms with Gasteiger partial charge in [-0.15, -0.1) is 34.0 Å². The van der Waals surface area contributed by atoms with Crippen LogP contribution in [-0.2, 0) is 22.4 Å². The van der Waals surface area contributed by atoms with Crippen molar-refractivity contribution in [3.8, 4) is 19.5 Å². The quantitative estimate of drug-likeness (QED) is 0.291. The molecule has 0 aliphatic carbocycles. The van der Waals surface area contributed by atoms with Gasteiger partial charge in [-0.1, -0.05) is 36.4 Å². The Morgan fingerprint density at radius 2 is 1.03 bits per heavy atom. The van der Waals surface area contributed by atoms with Crippen molar-refractivity contribution in [2.75, 3.05) is 0 Å². The molecule has 31 heavy (non-hydrogen) atoms. The zero-order valence-corrected chi connectivity index (χ0v) is 18.6. The van der Waals surface area contributed by atoms with E-state index in [-0.39, 0.29) is 12.8 Å². The Balaban J connectivity index is 1.65. The third-order valence-electron chi connectivity index (χ3n) is 5.11. The first-order valence-electron chi connectivity index (χ1n) is 9.56. The molecule has 0 fully saturated rings. The van der Waals surface area contributed by atoms with Gasteiger partial charge in [-0.05, 0) is 46.2 Å². The van der Waals surface area contributed by atoms with Crippen molar-refractivity contribution >= 4 is 66.1 Å². The molecule has 154 valence electrons. The lowest BCUT2D eigenvalue weighted by Crippen LogP contribution is -2.00. The lowest BCUT2D eigenvalue weighted by atomic mass is 10.1. The van der Waals surface area contributed by atoms with Crippen LogP contribution >= 0.6 is 34.0 Å². The second-order valence-corrected chi connectivity index (χ2v) is 10.3. The molecule has 5 aromatic rings. The van der Waals surface area contributed by atoms with Crippen LogP contribution in [0.1, 0.15) is 11.1 Å². The number of carboxylic acid groups (broad SMARTS) is 2. The van der Waals surface area contributed by atoms with Crippen LogP contribution in [0.5, 0.6) is 0 Å². The Bertz CT molecular complexity index is 1350. The summed E-state index contributed by atoms with van der Waals surface area (Å²) in [4.78, 5) is 27.0. The van der Waals surface area contributed by atoms with Crippen molar-refractivity contribution in [1.82, 2.24) is 0 Å². The number of hydrogen-bond acceptors (Lipinski definition) is 5. The lowest BCUT2D eigenvalue weighted by Gasteiger charge is -2.01. The molecule has 7 heteroatoms. The zero-order valence-electron chi connectivity index (χ0n) is 16.1. The van der Waals surface area contributed by atoms with Gasteiger partial charge in [0.2, 0.25) is 0 Å². The van der Waals surface area contributed by atoms with Crippen molar-refractivity contribution in [2.24, 2.45) is 0 Å². The van der Waals surface area contributed by atoms with Crippen LogP contribution in [0.25, 0.3) is 39.7 Å². The number of fused-ring (bicyclic) bond motifs is 2. The maximum absolute atomic E-state index is 11.5. The number of carboxylic acids is 2. The van der Waals surface area contributed by atoms with Crippen molar-refractivity contribution in [2.45, 2.75) is 12.8 Å². The van der Waals surface area contributed by atoms with Gasteiger partial charge >= 0.3 is 11.9 Å². The molecule has 0 aliphatic rings. The summed E-state index contributed by atoms with van der Waals surface area (Å²) in [5.41, 5.74) is 1.67. The molecule has 0 amide bonds. The van der Waals surface area contributed by atoms with E-state index in [0.29, 0.717) is 0 Å². The van der Waals surface area contributed by atoms with Gasteiger partial charge in [0.25, 0.3) is 0 Å². The molecule has 2 N–H and O–H groups in total. The van der Waals surface area contributed by atoms with Crippen molar-refractivity contribution in [1.29, 1.82) is 0 Å². The second-order valence-electron chi connectivity index (χ2n) is 7.12. The summed E-state index contributed by atoms with van der Waals surface area (Å²) in [5, 5.41) is 20.9. The van der Waals surface area contributed by atoms with E-state index in [1.54, 1.807) is 34.0 Å². The third kappa shape index (κ3) is 3.65. The van der Waals surface area contributed by atoms with Gasteiger partial charge < -0.3 is 10.2 Å². The summed E-state index contributed by atoms with van der Waals surface area (Å²) in [6.45, 7) is 0. The zero-order chi connectivity index (χ0) is 21.5. The minimum atomic E-state index is -0.852. The van der Waals surface area contributed by atoms with E-state index >= 15 is 0 Å². The van der Waals surface area contributed by atoms with Crippen LogP contribution in [0, 0.1) is 0 Å². The van der Waals surface area contributed by atoms with E-state index < -0.39 is 11.9 Å². The van der Waals surface area contributed by atoms with Crippen LogP contribution in [0.15, 0.2) is 60.7 Å². The van der Waals surface area contributed by atoms with Crippen molar-refractivity contribution in [3.05, 3.63) is 71.8 Å². The van der Waals surface area contributed by atoms with Gasteiger partial charge in [0.15, 0.2) is 0 Å². The standard InChI is InChI=1S/C24H16O4S3/c25-21(26)11-15-13-5-1-3-7-17(13)30-23(15)19-9-10-20(29-19)24-16(12-22(27)28)14-6-2-4-8-18(14)31-24/h1-10H,11-12H2,(H,25,26)(H,27,28). The lowest BCUT2D eigenvalue weighted by molar-refractivity contribution is -0.137. The van der Waals surface area contributed by atoms with E-state index in [4.69, 9.17) is 0 Å². The first-order valence-corrected chi connectivity index (χ1v) is 12.0. The highest BCUT2D eigenvalue weighted by atomic mass is 32.1. The number of thiophene rings is 3. The van der Waals surface area contributed by atoms with Gasteiger partial charge in [-0.25, -0.2) is 0 Å². The maximum Gasteiger partial charge on any atom is 0.307 e. The highest BCUT2D eigenvalue weighted by Crippen LogP contribution is 2.47. The topological polar surface area (TPSA) is 74.6 Å². The number of aliphatic carboxylic acids is 2. The molecule has 0 spiro atoms. The fourth-order valence-corrected chi connectivity index (χ4v) is 7.56. The summed E-state index contributed by atoms with van der Waals surface area (Å²) in [5.74, 6) is -1.70. The molecule has 5 rings (SSSR count). The fraction of sp³-hybridized carbons (Fsp3) is 0.0833. The van der Waals surface area contributed by atoms with Crippen LogP contribution in [0.4, 0.5) is 0 Å². The third-order valence-corrected chi connectivity index (χ3v) is 8.98. The maximum atomic E-state index is 11.5. The Labute approximate surface area is 189 Å². The van der Waals surface area contributed by atoms with Gasteiger partial charge in [0.05, 0.1) is 12.8 Å². The predicted molar refractivity (Wildman–Crippen MR) is 129 cm³/mol. The van der Waals surface area contributed by atoms with E-state index in [2.05, 4.69) is 0 Å². The highest BCUT2D eigenvalue weighted by Gasteiger charge is 2.21. The van der Waals surface area contributed by atoms with Gasteiger partial charge in [-0.2, -0.15) is 0 Å². The Morgan fingerprint density at radius 1 is 0.613 bits per heavy atom. The smallest absolute Gasteiger partial charge is 0.307 e. The molecule has 3 heterocycles. The Hall–Kier alpha value is -3.00. The molecule has 0 atom stereocenters. The molecule has 0 saturated heterocycles. The highest BCUT2D eigenvalue weighted by molar-refractivity contribution is 7.30. The van der Waals surface area contributed by atoms with Crippen LogP contribution < -0.4 is 0 Å². The summed E-state index contributed by atoms with van der Waals surface area (Å²) >= 11 is 4.79. The second kappa shape index (κ2) is 7.92. The molecule has 0 aliphatic heterocycles. The van der Waals surface area contributed by atoms with Crippen molar-refractivity contribution < 1.29 is 19.8 Å². The molecule has 4 nitrogen and oxygen atoms in total. The normalized spacial score (nSPS) is 11.4. The first kappa shape index (κ1) is 19.9. The SMILES string of the molecule is O=C(O)Cc1c(-c2ccc(-c3sc4ccccc4c3CC(=O)O)s2)sc2ccccc12. The summed E-state index contributed by atoms with van der Waals surface area (Å²) < 4.78 is 2.13. The molecule has 0 saturated carbocycles. The molecule has 0 unspecified atom stereocenters. The summed E-state index contributed by atoms with van der Waals surface area (Å²) in [6.07, 6.45) is -0.0561. The van der Waals surface area contributed by atoms with Crippen LogP contribution in [0.3, 0.4) is 0 Å². The molecular weight excluding hydrogens is 448 g/mol. The minimum Gasteiger partial charge on any atom is -0.481 e. The Kier molecular flexibility index (Phi) is 5.09. The number of hydrogen-bond donors (Lipinski definition) is 2. The van der Waals surface area contributed by atoms with E-state index in [1.165, 1.54) is 0 Å². The van der Waals surface area contributed by atoms with Crippen molar-refractivity contribution in [3.63, 3.8) is 0 Å². The van der Waals surface area contributed by atoms with Gasteiger partial charge in [-0.3, -0.25) is 9.59 Å².